The van der Waals surface area contributed by atoms with E-state index in [0.29, 0.717) is 12.1 Å². The quantitative estimate of drug-likeness (QED) is 0.624. The highest BCUT2D eigenvalue weighted by molar-refractivity contribution is 7.80. The van der Waals surface area contributed by atoms with E-state index in [9.17, 15) is 18.0 Å². The summed E-state index contributed by atoms with van der Waals surface area (Å²) in [5, 5.41) is 8.67. The number of hydrogen-bond acceptors (Lipinski definition) is 4. The largest absolute Gasteiger partial charge is 0.465 e. The first-order chi connectivity index (χ1) is 7.81. The van der Waals surface area contributed by atoms with Crippen LogP contribution in [0.4, 0.5) is 13.2 Å². The van der Waals surface area contributed by atoms with Crippen LogP contribution in [0.2, 0.25) is 0 Å². The number of alkyl halides is 3. The van der Waals surface area contributed by atoms with Gasteiger partial charge < -0.3 is 4.74 Å². The van der Waals surface area contributed by atoms with Crippen LogP contribution < -0.4 is 0 Å². The zero-order valence-corrected chi connectivity index (χ0v) is 9.39. The standard InChI is InChI=1S/C10H6F3NO2S/c1-16-9(15)7-3-6(10(11,12)13)2-5(4-14)8(7)17/h2-3,17H,1H3. The van der Waals surface area contributed by atoms with Crippen molar-refractivity contribution in [3.8, 4) is 6.07 Å². The first-order valence-corrected chi connectivity index (χ1v) is 4.68. The van der Waals surface area contributed by atoms with Gasteiger partial charge in [0.25, 0.3) is 0 Å². The molecule has 0 spiro atoms. The number of hydrogen-bond donors (Lipinski definition) is 1. The van der Waals surface area contributed by atoms with Gasteiger partial charge in [-0.15, -0.1) is 12.6 Å². The van der Waals surface area contributed by atoms with Crippen molar-refractivity contribution in [1.82, 2.24) is 0 Å². The number of carbonyl (C=O) groups is 1. The number of esters is 1. The summed E-state index contributed by atoms with van der Waals surface area (Å²) in [6.45, 7) is 0. The van der Waals surface area contributed by atoms with E-state index in [1.54, 1.807) is 6.07 Å². The van der Waals surface area contributed by atoms with Crippen LogP contribution in [0.25, 0.3) is 0 Å². The summed E-state index contributed by atoms with van der Waals surface area (Å²) in [7, 11) is 1.03. The summed E-state index contributed by atoms with van der Waals surface area (Å²) in [6.07, 6.45) is -4.64. The SMILES string of the molecule is COC(=O)c1cc(C(F)(F)F)cc(C#N)c1S. The molecule has 1 rings (SSSR count). The van der Waals surface area contributed by atoms with E-state index in [-0.39, 0.29) is 16.0 Å². The molecule has 0 aliphatic carbocycles. The minimum atomic E-state index is -4.64. The second-order valence-electron chi connectivity index (χ2n) is 3.02. The number of thiol groups is 1. The van der Waals surface area contributed by atoms with Crippen molar-refractivity contribution < 1.29 is 22.7 Å². The van der Waals surface area contributed by atoms with Gasteiger partial charge in [-0.2, -0.15) is 18.4 Å². The molecular formula is C10H6F3NO2S. The van der Waals surface area contributed by atoms with Crippen molar-refractivity contribution in [2.75, 3.05) is 7.11 Å². The van der Waals surface area contributed by atoms with Crippen LogP contribution in [0.5, 0.6) is 0 Å². The fourth-order valence-corrected chi connectivity index (χ4v) is 1.42. The predicted molar refractivity (Wildman–Crippen MR) is 54.8 cm³/mol. The number of benzene rings is 1. The van der Waals surface area contributed by atoms with Crippen LogP contribution in [-0.2, 0) is 10.9 Å². The maximum absolute atomic E-state index is 12.5. The summed E-state index contributed by atoms with van der Waals surface area (Å²) in [5.74, 6) is -0.974. The number of rotatable bonds is 1. The molecule has 90 valence electrons. The molecule has 17 heavy (non-hydrogen) atoms. The number of methoxy groups -OCH3 is 1. The van der Waals surface area contributed by atoms with Crippen LogP contribution in [0, 0.1) is 11.3 Å². The highest BCUT2D eigenvalue weighted by atomic mass is 32.1. The van der Waals surface area contributed by atoms with Crippen LogP contribution in [0.15, 0.2) is 17.0 Å². The second-order valence-corrected chi connectivity index (χ2v) is 3.47. The second kappa shape index (κ2) is 4.67. The summed E-state index contributed by atoms with van der Waals surface area (Å²) in [4.78, 5) is 11.1. The predicted octanol–water partition coefficient (Wildman–Crippen LogP) is 2.65. The minimum absolute atomic E-state index is 0.132. The molecule has 0 amide bonds. The van der Waals surface area contributed by atoms with E-state index in [1.165, 1.54) is 0 Å². The van der Waals surface area contributed by atoms with Gasteiger partial charge in [0.1, 0.15) is 6.07 Å². The Balaban J connectivity index is 3.51. The van der Waals surface area contributed by atoms with Gasteiger partial charge in [-0.3, -0.25) is 0 Å². The number of ether oxygens (including phenoxy) is 1. The lowest BCUT2D eigenvalue weighted by molar-refractivity contribution is -0.137. The molecule has 0 saturated carbocycles. The monoisotopic (exact) mass is 261 g/mol. The molecule has 0 unspecified atom stereocenters. The van der Waals surface area contributed by atoms with Crippen LogP contribution in [0.1, 0.15) is 21.5 Å². The lowest BCUT2D eigenvalue weighted by atomic mass is 10.1. The smallest absolute Gasteiger partial charge is 0.416 e. The first kappa shape index (κ1) is 13.4. The summed E-state index contributed by atoms with van der Waals surface area (Å²) < 4.78 is 41.8. The van der Waals surface area contributed by atoms with Gasteiger partial charge in [0.05, 0.1) is 23.8 Å². The number of halogens is 3. The Morgan fingerprint density at radius 1 is 1.47 bits per heavy atom. The lowest BCUT2D eigenvalue weighted by Crippen LogP contribution is -2.10. The molecule has 0 aliphatic rings. The molecule has 7 heteroatoms. The third kappa shape index (κ3) is 2.71. The molecule has 0 atom stereocenters. The maximum Gasteiger partial charge on any atom is 0.416 e. The highest BCUT2D eigenvalue weighted by Gasteiger charge is 2.33. The number of nitriles is 1. The van der Waals surface area contributed by atoms with Crippen LogP contribution in [0.3, 0.4) is 0 Å². The van der Waals surface area contributed by atoms with E-state index in [0.717, 1.165) is 7.11 Å². The Morgan fingerprint density at radius 2 is 2.06 bits per heavy atom. The molecule has 0 bridgehead atoms. The van der Waals surface area contributed by atoms with Crippen molar-refractivity contribution >= 4 is 18.6 Å². The lowest BCUT2D eigenvalue weighted by Gasteiger charge is -2.11. The fraction of sp³-hybridized carbons (Fsp3) is 0.200. The van der Waals surface area contributed by atoms with Gasteiger partial charge in [-0.1, -0.05) is 0 Å². The molecule has 0 heterocycles. The zero-order valence-electron chi connectivity index (χ0n) is 8.50. The highest BCUT2D eigenvalue weighted by Crippen LogP contribution is 2.33. The Labute approximate surface area is 100 Å². The molecule has 3 nitrogen and oxygen atoms in total. The van der Waals surface area contributed by atoms with Crippen molar-refractivity contribution in [2.45, 2.75) is 11.1 Å². The van der Waals surface area contributed by atoms with Gasteiger partial charge in [0, 0.05) is 4.90 Å². The normalized spacial score (nSPS) is 10.8. The summed E-state index contributed by atoms with van der Waals surface area (Å²) >= 11 is 3.84. The molecule has 0 radical (unpaired) electrons. The Hall–Kier alpha value is -1.68. The maximum atomic E-state index is 12.5. The molecule has 1 aromatic carbocycles. The average molecular weight is 261 g/mol. The Bertz CT molecular complexity index is 505. The van der Waals surface area contributed by atoms with Crippen LogP contribution in [-0.4, -0.2) is 13.1 Å². The third-order valence-electron chi connectivity index (χ3n) is 1.96. The molecule has 0 N–H and O–H groups in total. The zero-order chi connectivity index (χ0) is 13.2. The van der Waals surface area contributed by atoms with E-state index in [2.05, 4.69) is 17.4 Å². The van der Waals surface area contributed by atoms with Crippen molar-refractivity contribution in [2.24, 2.45) is 0 Å². The van der Waals surface area contributed by atoms with E-state index in [1.807, 2.05) is 0 Å². The van der Waals surface area contributed by atoms with Crippen LogP contribution >= 0.6 is 12.6 Å². The molecule has 1 aromatic rings. The number of nitrogens with zero attached hydrogens (tertiary/aromatic N) is 1. The molecule has 0 saturated heterocycles. The van der Waals surface area contributed by atoms with Gasteiger partial charge in [0.2, 0.25) is 0 Å². The average Bonchev–Trinajstić information content (AvgIpc) is 2.26. The minimum Gasteiger partial charge on any atom is -0.465 e. The van der Waals surface area contributed by atoms with Gasteiger partial charge in [-0.25, -0.2) is 4.79 Å². The third-order valence-corrected chi connectivity index (χ3v) is 2.44. The van der Waals surface area contributed by atoms with Gasteiger partial charge in [-0.05, 0) is 12.1 Å². The number of carbonyl (C=O) groups excluding carboxylic acids is 1. The Kier molecular flexibility index (Phi) is 3.68. The van der Waals surface area contributed by atoms with E-state index < -0.39 is 17.7 Å². The van der Waals surface area contributed by atoms with E-state index in [4.69, 9.17) is 5.26 Å². The first-order valence-electron chi connectivity index (χ1n) is 4.24. The van der Waals surface area contributed by atoms with Gasteiger partial charge >= 0.3 is 12.1 Å². The molecular weight excluding hydrogens is 255 g/mol. The molecule has 0 aromatic heterocycles. The molecule has 0 fully saturated rings. The van der Waals surface area contributed by atoms with Crippen molar-refractivity contribution in [3.05, 3.63) is 28.8 Å². The van der Waals surface area contributed by atoms with E-state index >= 15 is 0 Å². The van der Waals surface area contributed by atoms with Crippen molar-refractivity contribution in [3.63, 3.8) is 0 Å². The van der Waals surface area contributed by atoms with Crippen molar-refractivity contribution in [1.29, 1.82) is 5.26 Å². The van der Waals surface area contributed by atoms with Gasteiger partial charge in [0.15, 0.2) is 0 Å². The Morgan fingerprint density at radius 3 is 2.47 bits per heavy atom. The fourth-order valence-electron chi connectivity index (χ4n) is 1.15. The summed E-state index contributed by atoms with van der Waals surface area (Å²) in [6, 6.07) is 2.78. The summed E-state index contributed by atoms with van der Waals surface area (Å²) in [5.41, 5.74) is -1.81. The topological polar surface area (TPSA) is 50.1 Å². The molecule has 0 aliphatic heterocycles.